The number of hydrogen-bond donors (Lipinski definition) is 1. The summed E-state index contributed by atoms with van der Waals surface area (Å²) in [7, 11) is 0. The van der Waals surface area contributed by atoms with Crippen molar-refractivity contribution in [2.75, 3.05) is 17.2 Å². The predicted octanol–water partition coefficient (Wildman–Crippen LogP) is 2.95. The van der Waals surface area contributed by atoms with Gasteiger partial charge in [0.2, 0.25) is 0 Å². The van der Waals surface area contributed by atoms with Crippen molar-refractivity contribution in [1.82, 2.24) is 9.55 Å². The van der Waals surface area contributed by atoms with E-state index in [1.807, 2.05) is 13.0 Å². The minimum atomic E-state index is 0.831. The van der Waals surface area contributed by atoms with E-state index in [-0.39, 0.29) is 0 Å². The Bertz CT molecular complexity index is 819. The number of aryl methyl sites for hydroxylation is 1. The molecule has 4 rings (SSSR count). The van der Waals surface area contributed by atoms with Gasteiger partial charge in [-0.3, -0.25) is 0 Å². The van der Waals surface area contributed by atoms with E-state index in [0.717, 1.165) is 42.2 Å². The zero-order chi connectivity index (χ0) is 14.4. The third-order valence-corrected chi connectivity index (χ3v) is 4.29. The number of hydrogen-bond acceptors (Lipinski definition) is 3. The highest BCUT2D eigenvalue weighted by atomic mass is 15.2. The smallest absolute Gasteiger partial charge is 0.129 e. The molecule has 0 bridgehead atoms. The first-order valence-corrected chi connectivity index (χ1v) is 7.27. The topological polar surface area (TPSA) is 47.1 Å². The average Bonchev–Trinajstić information content (AvgIpc) is 2.87. The molecule has 2 N–H and O–H groups in total. The quantitative estimate of drug-likeness (QED) is 0.696. The molecule has 0 unspecified atom stereocenters. The molecular weight excluding hydrogens is 260 g/mol. The van der Waals surface area contributed by atoms with Crippen LogP contribution >= 0.6 is 0 Å². The van der Waals surface area contributed by atoms with E-state index in [2.05, 4.69) is 45.9 Å². The molecule has 1 aliphatic heterocycles. The molecule has 4 heteroatoms. The standard InChI is InChI=1S/C17H18N4/c1-12-6-7-13(10-14(12)18)20-8-9-21-16-5-3-2-4-15(16)19-17(21)11-20/h2-7,10H,8-9,11,18H2,1H3. The van der Waals surface area contributed by atoms with Crippen molar-refractivity contribution < 1.29 is 0 Å². The number of imidazole rings is 1. The van der Waals surface area contributed by atoms with Gasteiger partial charge in [0.25, 0.3) is 0 Å². The van der Waals surface area contributed by atoms with Crippen LogP contribution in [0.25, 0.3) is 11.0 Å². The Hall–Kier alpha value is -2.49. The Labute approximate surface area is 123 Å². The Kier molecular flexibility index (Phi) is 2.64. The summed E-state index contributed by atoms with van der Waals surface area (Å²) in [6, 6.07) is 14.6. The van der Waals surface area contributed by atoms with Crippen LogP contribution in [-0.2, 0) is 13.1 Å². The first kappa shape index (κ1) is 12.3. The normalized spacial score (nSPS) is 14.4. The third-order valence-electron chi connectivity index (χ3n) is 4.29. The average molecular weight is 278 g/mol. The zero-order valence-corrected chi connectivity index (χ0v) is 12.1. The lowest BCUT2D eigenvalue weighted by molar-refractivity contribution is 0.571. The maximum Gasteiger partial charge on any atom is 0.129 e. The number of anilines is 2. The van der Waals surface area contributed by atoms with Gasteiger partial charge in [0, 0.05) is 24.5 Å². The molecule has 0 fully saturated rings. The molecule has 0 saturated carbocycles. The number of aromatic nitrogens is 2. The van der Waals surface area contributed by atoms with Crippen molar-refractivity contribution >= 4 is 22.4 Å². The molecule has 1 aromatic heterocycles. The summed E-state index contributed by atoms with van der Waals surface area (Å²) in [5.74, 6) is 1.13. The Morgan fingerprint density at radius 2 is 1.95 bits per heavy atom. The van der Waals surface area contributed by atoms with Gasteiger partial charge in [0.1, 0.15) is 5.82 Å². The molecule has 2 aromatic carbocycles. The van der Waals surface area contributed by atoms with Gasteiger partial charge in [-0.05, 0) is 36.8 Å². The molecule has 21 heavy (non-hydrogen) atoms. The van der Waals surface area contributed by atoms with Gasteiger partial charge >= 0.3 is 0 Å². The maximum atomic E-state index is 6.04. The van der Waals surface area contributed by atoms with Gasteiger partial charge < -0.3 is 15.2 Å². The summed E-state index contributed by atoms with van der Waals surface area (Å²) in [6.45, 7) is 4.81. The summed E-state index contributed by atoms with van der Waals surface area (Å²) < 4.78 is 2.32. The SMILES string of the molecule is Cc1ccc(N2CCn3c(nc4ccccc43)C2)cc1N. The summed E-state index contributed by atoms with van der Waals surface area (Å²) in [4.78, 5) is 7.10. The van der Waals surface area contributed by atoms with Crippen LogP contribution in [0.2, 0.25) is 0 Å². The van der Waals surface area contributed by atoms with Crippen LogP contribution in [0.4, 0.5) is 11.4 Å². The fourth-order valence-corrected chi connectivity index (χ4v) is 3.01. The molecule has 4 nitrogen and oxygen atoms in total. The molecular formula is C17H18N4. The van der Waals surface area contributed by atoms with E-state index in [9.17, 15) is 0 Å². The van der Waals surface area contributed by atoms with Crippen molar-refractivity contribution in [2.45, 2.75) is 20.0 Å². The first-order valence-electron chi connectivity index (χ1n) is 7.27. The molecule has 0 atom stereocenters. The Morgan fingerprint density at radius 3 is 2.81 bits per heavy atom. The summed E-state index contributed by atoms with van der Waals surface area (Å²) in [6.07, 6.45) is 0. The second kappa shape index (κ2) is 4.52. The Morgan fingerprint density at radius 1 is 1.10 bits per heavy atom. The number of para-hydroxylation sites is 2. The van der Waals surface area contributed by atoms with Gasteiger partial charge in [0.15, 0.2) is 0 Å². The largest absolute Gasteiger partial charge is 0.398 e. The third kappa shape index (κ3) is 1.95. The van der Waals surface area contributed by atoms with Crippen molar-refractivity contribution in [3.63, 3.8) is 0 Å². The predicted molar refractivity (Wildman–Crippen MR) is 86.4 cm³/mol. The van der Waals surface area contributed by atoms with Crippen molar-refractivity contribution in [3.05, 3.63) is 53.9 Å². The second-order valence-corrected chi connectivity index (χ2v) is 5.63. The number of nitrogens with two attached hydrogens (primary N) is 1. The highest BCUT2D eigenvalue weighted by Crippen LogP contribution is 2.26. The van der Waals surface area contributed by atoms with Gasteiger partial charge in [-0.2, -0.15) is 0 Å². The fraction of sp³-hybridized carbons (Fsp3) is 0.235. The summed E-state index contributed by atoms with van der Waals surface area (Å²) >= 11 is 0. The fourth-order valence-electron chi connectivity index (χ4n) is 3.01. The van der Waals surface area contributed by atoms with E-state index in [0.29, 0.717) is 0 Å². The lowest BCUT2D eigenvalue weighted by atomic mass is 10.1. The number of benzene rings is 2. The summed E-state index contributed by atoms with van der Waals surface area (Å²) in [5.41, 5.74) is 11.5. The highest BCUT2D eigenvalue weighted by Gasteiger charge is 2.20. The molecule has 1 aliphatic rings. The summed E-state index contributed by atoms with van der Waals surface area (Å²) in [5, 5.41) is 0. The second-order valence-electron chi connectivity index (χ2n) is 5.63. The van der Waals surface area contributed by atoms with Crippen LogP contribution in [0.15, 0.2) is 42.5 Å². The van der Waals surface area contributed by atoms with Crippen LogP contribution < -0.4 is 10.6 Å². The number of rotatable bonds is 1. The molecule has 0 aliphatic carbocycles. The van der Waals surface area contributed by atoms with E-state index < -0.39 is 0 Å². The van der Waals surface area contributed by atoms with Gasteiger partial charge in [-0.1, -0.05) is 18.2 Å². The lowest BCUT2D eigenvalue weighted by Crippen LogP contribution is -2.33. The monoisotopic (exact) mass is 278 g/mol. The van der Waals surface area contributed by atoms with Crippen LogP contribution in [0, 0.1) is 6.92 Å². The van der Waals surface area contributed by atoms with Crippen molar-refractivity contribution in [2.24, 2.45) is 0 Å². The van der Waals surface area contributed by atoms with Crippen molar-refractivity contribution in [1.29, 1.82) is 0 Å². The molecule has 0 radical (unpaired) electrons. The minimum Gasteiger partial charge on any atom is -0.398 e. The molecule has 3 aromatic rings. The van der Waals surface area contributed by atoms with E-state index in [4.69, 9.17) is 10.7 Å². The number of nitrogens with zero attached hydrogens (tertiary/aromatic N) is 3. The van der Waals surface area contributed by atoms with E-state index in [1.54, 1.807) is 0 Å². The maximum absolute atomic E-state index is 6.04. The highest BCUT2D eigenvalue weighted by molar-refractivity contribution is 5.76. The van der Waals surface area contributed by atoms with Crippen LogP contribution in [0.1, 0.15) is 11.4 Å². The van der Waals surface area contributed by atoms with E-state index >= 15 is 0 Å². The molecule has 106 valence electrons. The molecule has 0 amide bonds. The molecule has 0 saturated heterocycles. The van der Waals surface area contributed by atoms with Crippen LogP contribution in [0.3, 0.4) is 0 Å². The molecule has 2 heterocycles. The number of nitrogen functional groups attached to an aromatic ring is 1. The van der Waals surface area contributed by atoms with Gasteiger partial charge in [-0.15, -0.1) is 0 Å². The van der Waals surface area contributed by atoms with Crippen molar-refractivity contribution in [3.8, 4) is 0 Å². The Balaban J connectivity index is 1.71. The van der Waals surface area contributed by atoms with Crippen LogP contribution in [0.5, 0.6) is 0 Å². The van der Waals surface area contributed by atoms with Gasteiger partial charge in [-0.25, -0.2) is 4.98 Å². The zero-order valence-electron chi connectivity index (χ0n) is 12.1. The lowest BCUT2D eigenvalue weighted by Gasteiger charge is -2.30. The molecule has 0 spiro atoms. The van der Waals surface area contributed by atoms with Crippen LogP contribution in [-0.4, -0.2) is 16.1 Å². The van der Waals surface area contributed by atoms with Gasteiger partial charge in [0.05, 0.1) is 17.6 Å². The first-order chi connectivity index (χ1) is 10.2. The number of fused-ring (bicyclic) bond motifs is 3. The van der Waals surface area contributed by atoms with E-state index in [1.165, 1.54) is 11.2 Å². The minimum absolute atomic E-state index is 0.831.